The molecule has 0 aliphatic heterocycles. The van der Waals surface area contributed by atoms with Crippen LogP contribution in [0.5, 0.6) is 0 Å². The molecule has 1 unspecified atom stereocenters. The van der Waals surface area contributed by atoms with Crippen LogP contribution in [0.15, 0.2) is 0 Å². The lowest BCUT2D eigenvalue weighted by Gasteiger charge is -2.19. The van der Waals surface area contributed by atoms with E-state index >= 15 is 0 Å². The van der Waals surface area contributed by atoms with Crippen molar-refractivity contribution in [2.75, 3.05) is 6.61 Å². The van der Waals surface area contributed by atoms with Crippen LogP contribution in [0.3, 0.4) is 0 Å². The van der Waals surface area contributed by atoms with Gasteiger partial charge in [0, 0.05) is 0 Å². The third-order valence-corrected chi connectivity index (χ3v) is 1.14. The zero-order chi connectivity index (χ0) is 11.6. The lowest BCUT2D eigenvalue weighted by molar-refractivity contribution is -0.294. The van der Waals surface area contributed by atoms with Crippen molar-refractivity contribution >= 4 is 5.97 Å². The Hall–Kier alpha value is -0.950. The molecule has 84 valence electrons. The predicted octanol–water partition coefficient (Wildman–Crippen LogP) is 2.09. The number of halogens is 6. The third-order valence-electron chi connectivity index (χ3n) is 1.14. The summed E-state index contributed by atoms with van der Waals surface area (Å²) in [6, 6.07) is 0. The first-order chi connectivity index (χ1) is 6.08. The Morgan fingerprint density at radius 3 is 2.00 bits per heavy atom. The second-order valence-electron chi connectivity index (χ2n) is 2.43. The molecule has 0 aliphatic rings. The summed E-state index contributed by atoms with van der Waals surface area (Å²) in [5.74, 6) is -6.91. The van der Waals surface area contributed by atoms with Crippen LogP contribution in [0.4, 0.5) is 26.3 Å². The van der Waals surface area contributed by atoms with Gasteiger partial charge < -0.3 is 4.74 Å². The first kappa shape index (κ1) is 13.0. The molecule has 0 heterocycles. The number of carbonyl (C=O) groups excluding carboxylic acids is 1. The number of hydrogen-bond acceptors (Lipinski definition) is 2. The second-order valence-corrected chi connectivity index (χ2v) is 2.43. The van der Waals surface area contributed by atoms with Gasteiger partial charge >= 0.3 is 18.1 Å². The molecule has 0 bridgehead atoms. The molecule has 0 saturated heterocycles. The molecule has 0 aromatic heterocycles. The van der Waals surface area contributed by atoms with Crippen LogP contribution < -0.4 is 0 Å². The summed E-state index contributed by atoms with van der Waals surface area (Å²) in [4.78, 5) is 10.2. The van der Waals surface area contributed by atoms with Crippen molar-refractivity contribution in [3.8, 4) is 0 Å². The number of rotatable bonds is 3. The minimum Gasteiger partial charge on any atom is -0.457 e. The highest BCUT2D eigenvalue weighted by atomic mass is 19.4. The Balaban J connectivity index is 4.20. The highest BCUT2D eigenvalue weighted by molar-refractivity contribution is 5.73. The lowest BCUT2D eigenvalue weighted by Crippen LogP contribution is -2.42. The van der Waals surface area contributed by atoms with Gasteiger partial charge in [-0.3, -0.25) is 0 Å². The molecule has 0 radical (unpaired) electrons. The summed E-state index contributed by atoms with van der Waals surface area (Å²) in [5.41, 5.74) is 0. The van der Waals surface area contributed by atoms with E-state index in [2.05, 4.69) is 4.74 Å². The van der Waals surface area contributed by atoms with Gasteiger partial charge in [-0.2, -0.15) is 22.0 Å². The molecule has 0 aromatic carbocycles. The molecule has 2 nitrogen and oxygen atoms in total. The van der Waals surface area contributed by atoms with E-state index in [0.29, 0.717) is 6.92 Å². The van der Waals surface area contributed by atoms with Gasteiger partial charge in [-0.1, -0.05) is 0 Å². The van der Waals surface area contributed by atoms with Gasteiger partial charge in [0.2, 0.25) is 0 Å². The molecule has 8 heteroatoms. The Labute approximate surface area is 74.8 Å². The van der Waals surface area contributed by atoms with Gasteiger partial charge in [0.25, 0.3) is 0 Å². The average molecular weight is 224 g/mol. The normalized spacial score (nSPS) is 15.1. The number of esters is 1. The van der Waals surface area contributed by atoms with Crippen molar-refractivity contribution in [3.63, 3.8) is 0 Å². The van der Waals surface area contributed by atoms with E-state index in [1.165, 1.54) is 0 Å². The second kappa shape index (κ2) is 4.05. The number of alkyl halides is 6. The van der Waals surface area contributed by atoms with E-state index in [1.54, 1.807) is 0 Å². The molecule has 0 fully saturated rings. The maximum Gasteiger partial charge on any atom is 0.456 e. The maximum absolute atomic E-state index is 12.0. The molecule has 0 rings (SSSR count). The molecular weight excluding hydrogens is 218 g/mol. The van der Waals surface area contributed by atoms with Gasteiger partial charge in [0.05, 0.1) is 0 Å². The standard InChI is InChI=1S/C6H6F6O2/c1-3(7)4(13)14-2-5(8,9)6(10,11)12/h3H,2H2,1H3. The molecule has 1 atom stereocenters. The predicted molar refractivity (Wildman–Crippen MR) is 32.5 cm³/mol. The summed E-state index contributed by atoms with van der Waals surface area (Å²) < 4.78 is 73.8. The van der Waals surface area contributed by atoms with Crippen LogP contribution in [0.2, 0.25) is 0 Å². The molecule has 0 saturated carbocycles. The molecule has 0 amide bonds. The maximum atomic E-state index is 12.0. The molecule has 0 spiro atoms. The van der Waals surface area contributed by atoms with Crippen molar-refractivity contribution in [2.24, 2.45) is 0 Å². The third kappa shape index (κ3) is 3.43. The first-order valence-electron chi connectivity index (χ1n) is 3.33. The number of ether oxygens (including phenoxy) is 1. The number of carbonyl (C=O) groups is 1. The molecule has 14 heavy (non-hydrogen) atoms. The summed E-state index contributed by atoms with van der Waals surface area (Å²) in [5, 5.41) is 0. The SMILES string of the molecule is CC(F)C(=O)OCC(F)(F)C(F)(F)F. The van der Waals surface area contributed by atoms with Crippen LogP contribution in [0.25, 0.3) is 0 Å². The highest BCUT2D eigenvalue weighted by Crippen LogP contribution is 2.35. The van der Waals surface area contributed by atoms with E-state index < -0.39 is 30.8 Å². The molecule has 0 N–H and O–H groups in total. The molecule has 0 aromatic rings. The van der Waals surface area contributed by atoms with Gasteiger partial charge in [0.15, 0.2) is 12.8 Å². The Kier molecular flexibility index (Phi) is 3.78. The smallest absolute Gasteiger partial charge is 0.456 e. The van der Waals surface area contributed by atoms with Crippen molar-refractivity contribution in [2.45, 2.75) is 25.2 Å². The van der Waals surface area contributed by atoms with E-state index in [4.69, 9.17) is 0 Å². The highest BCUT2D eigenvalue weighted by Gasteiger charge is 2.58. The zero-order valence-corrected chi connectivity index (χ0v) is 6.87. The van der Waals surface area contributed by atoms with Crippen LogP contribution in [0, 0.1) is 0 Å². The van der Waals surface area contributed by atoms with Crippen LogP contribution >= 0.6 is 0 Å². The quantitative estimate of drug-likeness (QED) is 0.542. The minimum absolute atomic E-state index is 0.661. The molecule has 0 aliphatic carbocycles. The van der Waals surface area contributed by atoms with Crippen molar-refractivity contribution in [1.82, 2.24) is 0 Å². The topological polar surface area (TPSA) is 26.3 Å². The zero-order valence-electron chi connectivity index (χ0n) is 6.87. The average Bonchev–Trinajstić information content (AvgIpc) is 1.97. The Bertz CT molecular complexity index is 209. The lowest BCUT2D eigenvalue weighted by atomic mass is 10.3. The van der Waals surface area contributed by atoms with E-state index in [0.717, 1.165) is 0 Å². The molecular formula is C6H6F6O2. The van der Waals surface area contributed by atoms with Crippen molar-refractivity contribution in [3.05, 3.63) is 0 Å². The Morgan fingerprint density at radius 2 is 1.71 bits per heavy atom. The number of hydrogen-bond donors (Lipinski definition) is 0. The van der Waals surface area contributed by atoms with Crippen molar-refractivity contribution in [1.29, 1.82) is 0 Å². The summed E-state index contributed by atoms with van der Waals surface area (Å²) in [6.45, 7) is -1.54. The summed E-state index contributed by atoms with van der Waals surface area (Å²) in [6.07, 6.45) is -8.05. The van der Waals surface area contributed by atoms with Gasteiger partial charge in [0.1, 0.15) is 0 Å². The Morgan fingerprint density at radius 1 is 1.29 bits per heavy atom. The monoisotopic (exact) mass is 224 g/mol. The summed E-state index contributed by atoms with van der Waals surface area (Å²) in [7, 11) is 0. The fourth-order valence-electron chi connectivity index (χ4n) is 0.358. The van der Waals surface area contributed by atoms with E-state index in [9.17, 15) is 31.1 Å². The van der Waals surface area contributed by atoms with Crippen LogP contribution in [-0.2, 0) is 9.53 Å². The van der Waals surface area contributed by atoms with Crippen LogP contribution in [0.1, 0.15) is 6.92 Å². The van der Waals surface area contributed by atoms with E-state index in [1.807, 2.05) is 0 Å². The van der Waals surface area contributed by atoms with Crippen molar-refractivity contribution < 1.29 is 35.9 Å². The first-order valence-corrected chi connectivity index (χ1v) is 3.33. The van der Waals surface area contributed by atoms with Crippen LogP contribution in [-0.4, -0.2) is 30.8 Å². The minimum atomic E-state index is -5.81. The van der Waals surface area contributed by atoms with E-state index in [-0.39, 0.29) is 0 Å². The fourth-order valence-corrected chi connectivity index (χ4v) is 0.358. The van der Waals surface area contributed by atoms with Gasteiger partial charge in [-0.05, 0) is 6.92 Å². The fraction of sp³-hybridized carbons (Fsp3) is 0.833. The van der Waals surface area contributed by atoms with Gasteiger partial charge in [-0.25, -0.2) is 9.18 Å². The summed E-state index contributed by atoms with van der Waals surface area (Å²) >= 11 is 0. The largest absolute Gasteiger partial charge is 0.457 e. The van der Waals surface area contributed by atoms with Gasteiger partial charge in [-0.15, -0.1) is 0 Å².